The van der Waals surface area contributed by atoms with Gasteiger partial charge in [-0.25, -0.2) is 4.79 Å². The van der Waals surface area contributed by atoms with Gasteiger partial charge in [0.1, 0.15) is 11.8 Å². The lowest BCUT2D eigenvalue weighted by molar-refractivity contribution is -0.137. The number of halogens is 3. The van der Waals surface area contributed by atoms with E-state index < -0.39 is 29.7 Å². The number of nitrogens with zero attached hydrogens (tertiary/aromatic N) is 2. The van der Waals surface area contributed by atoms with Crippen LogP contribution in [-0.2, 0) is 15.7 Å². The molecule has 0 aliphatic carbocycles. The number of alkyl halides is 3. The van der Waals surface area contributed by atoms with Crippen LogP contribution >= 0.6 is 0 Å². The van der Waals surface area contributed by atoms with Gasteiger partial charge in [0.05, 0.1) is 25.3 Å². The number of methoxy groups -OCH3 is 1. The molecule has 2 aliphatic rings. The van der Waals surface area contributed by atoms with Crippen LogP contribution in [0.15, 0.2) is 48.5 Å². The molecule has 2 fully saturated rings. The van der Waals surface area contributed by atoms with Crippen molar-refractivity contribution in [1.82, 2.24) is 15.1 Å². The van der Waals surface area contributed by atoms with Crippen molar-refractivity contribution in [2.24, 2.45) is 0 Å². The fourth-order valence-electron chi connectivity index (χ4n) is 4.42. The summed E-state index contributed by atoms with van der Waals surface area (Å²) in [6.07, 6.45) is -2.86. The Labute approximate surface area is 217 Å². The number of piperazine rings is 1. The highest BCUT2D eigenvalue weighted by Crippen LogP contribution is 2.30. The van der Waals surface area contributed by atoms with E-state index in [4.69, 9.17) is 9.47 Å². The fraction of sp³-hybridized carbons (Fsp3) is 0.423. The van der Waals surface area contributed by atoms with Gasteiger partial charge in [0.15, 0.2) is 0 Å². The molecular weight excluding hydrogens is 505 g/mol. The summed E-state index contributed by atoms with van der Waals surface area (Å²) >= 11 is 0. The zero-order valence-electron chi connectivity index (χ0n) is 20.8. The molecule has 0 aromatic heterocycles. The third-order valence-corrected chi connectivity index (χ3v) is 6.56. The van der Waals surface area contributed by atoms with Gasteiger partial charge in [-0.3, -0.25) is 9.59 Å². The van der Waals surface area contributed by atoms with Gasteiger partial charge in [-0.15, -0.1) is 0 Å². The van der Waals surface area contributed by atoms with Crippen molar-refractivity contribution in [1.29, 1.82) is 0 Å². The molecule has 2 aromatic carbocycles. The Kier molecular flexibility index (Phi) is 8.40. The van der Waals surface area contributed by atoms with E-state index in [1.54, 1.807) is 24.3 Å². The summed E-state index contributed by atoms with van der Waals surface area (Å²) in [5.74, 6) is -0.209. The highest BCUT2D eigenvalue weighted by atomic mass is 19.4. The average molecular weight is 535 g/mol. The number of urea groups is 1. The lowest BCUT2D eigenvalue weighted by atomic mass is 10.1. The zero-order valence-corrected chi connectivity index (χ0v) is 20.8. The minimum Gasteiger partial charge on any atom is -0.497 e. The SMILES string of the molecule is COc1ccc(C(=O)N2CCN(C(=O)Nc3ccc(C(F)(F)F)cc3)CC2C(=O)NCC2CCCO2)cc1. The molecule has 0 saturated carbocycles. The van der Waals surface area contributed by atoms with Crippen LogP contribution in [0.25, 0.3) is 0 Å². The summed E-state index contributed by atoms with van der Waals surface area (Å²) in [7, 11) is 1.51. The molecule has 0 spiro atoms. The van der Waals surface area contributed by atoms with E-state index in [-0.39, 0.29) is 43.9 Å². The molecule has 2 aromatic rings. The molecule has 2 unspecified atom stereocenters. The smallest absolute Gasteiger partial charge is 0.416 e. The van der Waals surface area contributed by atoms with E-state index >= 15 is 0 Å². The number of rotatable bonds is 6. The first-order chi connectivity index (χ1) is 18.2. The second-order valence-electron chi connectivity index (χ2n) is 9.07. The normalized spacial score (nSPS) is 19.7. The maximum absolute atomic E-state index is 13.3. The highest BCUT2D eigenvalue weighted by Gasteiger charge is 2.38. The summed E-state index contributed by atoms with van der Waals surface area (Å²) in [6.45, 7) is 1.04. The Balaban J connectivity index is 1.46. The van der Waals surface area contributed by atoms with Gasteiger partial charge in [0, 0.05) is 37.5 Å². The van der Waals surface area contributed by atoms with Gasteiger partial charge in [0.2, 0.25) is 5.91 Å². The van der Waals surface area contributed by atoms with E-state index in [2.05, 4.69) is 10.6 Å². The number of nitrogens with one attached hydrogen (secondary N) is 2. The first-order valence-corrected chi connectivity index (χ1v) is 12.2. The summed E-state index contributed by atoms with van der Waals surface area (Å²) in [4.78, 5) is 42.3. The fourth-order valence-corrected chi connectivity index (χ4v) is 4.42. The van der Waals surface area contributed by atoms with Gasteiger partial charge in [-0.1, -0.05) is 0 Å². The number of hydrogen-bond donors (Lipinski definition) is 2. The molecule has 2 heterocycles. The van der Waals surface area contributed by atoms with Crippen molar-refractivity contribution < 1.29 is 37.0 Å². The molecule has 12 heteroatoms. The number of ether oxygens (including phenoxy) is 2. The number of hydrogen-bond acceptors (Lipinski definition) is 5. The predicted molar refractivity (Wildman–Crippen MR) is 132 cm³/mol. The van der Waals surface area contributed by atoms with E-state index in [1.165, 1.54) is 16.9 Å². The lowest BCUT2D eigenvalue weighted by Gasteiger charge is -2.40. The molecule has 38 heavy (non-hydrogen) atoms. The highest BCUT2D eigenvalue weighted by molar-refractivity contribution is 5.98. The lowest BCUT2D eigenvalue weighted by Crippen LogP contribution is -2.62. The van der Waals surface area contributed by atoms with Crippen LogP contribution in [0.3, 0.4) is 0 Å². The summed E-state index contributed by atoms with van der Waals surface area (Å²) in [5, 5.41) is 5.40. The number of carbonyl (C=O) groups is 3. The van der Waals surface area contributed by atoms with Crippen molar-refractivity contribution in [2.45, 2.75) is 31.2 Å². The Bertz CT molecular complexity index is 1140. The topological polar surface area (TPSA) is 100 Å². The van der Waals surface area contributed by atoms with Crippen LogP contribution in [0.5, 0.6) is 5.75 Å². The molecule has 9 nitrogen and oxygen atoms in total. The second kappa shape index (κ2) is 11.7. The Morgan fingerprint density at radius 3 is 2.37 bits per heavy atom. The van der Waals surface area contributed by atoms with Gasteiger partial charge in [-0.2, -0.15) is 13.2 Å². The minimum absolute atomic E-state index is 0.0866. The molecule has 2 saturated heterocycles. The standard InChI is InChI=1S/C26H29F3N4O5/c1-37-20-10-4-17(5-11-20)24(35)33-13-12-32(16-22(33)23(34)30-15-21-3-2-14-38-21)25(36)31-19-8-6-18(7-9-19)26(27,28)29/h4-11,21-22H,2-3,12-16H2,1H3,(H,30,34)(H,31,36). The van der Waals surface area contributed by atoms with Crippen molar-refractivity contribution >= 4 is 23.5 Å². The number of anilines is 1. The van der Waals surface area contributed by atoms with E-state index in [0.29, 0.717) is 17.9 Å². The van der Waals surface area contributed by atoms with Crippen molar-refractivity contribution in [3.63, 3.8) is 0 Å². The minimum atomic E-state index is -4.49. The Hall–Kier alpha value is -3.80. The zero-order chi connectivity index (χ0) is 27.3. The molecule has 2 N–H and O–H groups in total. The summed E-state index contributed by atoms with van der Waals surface area (Å²) in [5.41, 5.74) is -0.284. The molecular formula is C26H29F3N4O5. The average Bonchev–Trinajstić information content (AvgIpc) is 3.44. The second-order valence-corrected chi connectivity index (χ2v) is 9.07. The van der Waals surface area contributed by atoms with Crippen LogP contribution in [0, 0.1) is 0 Å². The number of carbonyl (C=O) groups excluding carboxylic acids is 3. The van der Waals surface area contributed by atoms with Gasteiger partial charge in [-0.05, 0) is 61.4 Å². The van der Waals surface area contributed by atoms with Crippen LogP contribution in [0.2, 0.25) is 0 Å². The molecule has 2 atom stereocenters. The largest absolute Gasteiger partial charge is 0.497 e. The maximum Gasteiger partial charge on any atom is 0.416 e. The predicted octanol–water partition coefficient (Wildman–Crippen LogP) is 3.37. The van der Waals surface area contributed by atoms with Gasteiger partial charge < -0.3 is 29.9 Å². The molecule has 4 amide bonds. The molecule has 0 radical (unpaired) electrons. The van der Waals surface area contributed by atoms with E-state index in [0.717, 1.165) is 37.1 Å². The van der Waals surface area contributed by atoms with Crippen LogP contribution in [0.1, 0.15) is 28.8 Å². The van der Waals surface area contributed by atoms with Gasteiger partial charge in [0.25, 0.3) is 5.91 Å². The third-order valence-electron chi connectivity index (χ3n) is 6.56. The van der Waals surface area contributed by atoms with Crippen molar-refractivity contribution in [3.05, 3.63) is 59.7 Å². The molecule has 0 bridgehead atoms. The van der Waals surface area contributed by atoms with Crippen LogP contribution in [-0.4, -0.2) is 79.7 Å². The van der Waals surface area contributed by atoms with Crippen molar-refractivity contribution in [3.8, 4) is 5.75 Å². The maximum atomic E-state index is 13.3. The Morgan fingerprint density at radius 2 is 1.76 bits per heavy atom. The van der Waals surface area contributed by atoms with Gasteiger partial charge >= 0.3 is 12.2 Å². The van der Waals surface area contributed by atoms with Crippen LogP contribution in [0.4, 0.5) is 23.7 Å². The quantitative estimate of drug-likeness (QED) is 0.592. The number of benzene rings is 2. The first-order valence-electron chi connectivity index (χ1n) is 12.2. The molecule has 204 valence electrons. The molecule has 4 rings (SSSR count). The monoisotopic (exact) mass is 534 g/mol. The van der Waals surface area contributed by atoms with Crippen LogP contribution < -0.4 is 15.4 Å². The summed E-state index contributed by atoms with van der Waals surface area (Å²) < 4.78 is 49.2. The third kappa shape index (κ3) is 6.55. The first kappa shape index (κ1) is 27.2. The molecule has 2 aliphatic heterocycles. The van der Waals surface area contributed by atoms with E-state index in [9.17, 15) is 27.6 Å². The van der Waals surface area contributed by atoms with E-state index in [1.807, 2.05) is 0 Å². The number of amides is 4. The summed E-state index contributed by atoms with van der Waals surface area (Å²) in [6, 6.07) is 9.02. The Morgan fingerprint density at radius 1 is 1.05 bits per heavy atom. The van der Waals surface area contributed by atoms with Crippen molar-refractivity contribution in [2.75, 3.05) is 45.2 Å².